The number of benzene rings is 2. The number of hydrogen-bond donors (Lipinski definition) is 1. The summed E-state index contributed by atoms with van der Waals surface area (Å²) in [5.41, 5.74) is 1.86. The SMILES string of the molecule is CCN1C(=O)OCC1Cc1ccc(Oc2ccc(/C=C3/SC(=S)N(CC(=O)O)C3=O)cc2)cc1. The fraction of sp³-hybridized carbons (Fsp3) is 0.250. The molecule has 2 amide bonds. The average Bonchev–Trinajstić information content (AvgIpc) is 3.29. The van der Waals surface area contributed by atoms with Gasteiger partial charge in [-0.1, -0.05) is 48.2 Å². The molecule has 34 heavy (non-hydrogen) atoms. The van der Waals surface area contributed by atoms with Crippen LogP contribution in [0.4, 0.5) is 4.79 Å². The van der Waals surface area contributed by atoms with E-state index in [0.717, 1.165) is 27.8 Å². The molecular weight excluding hydrogens is 476 g/mol. The molecule has 2 heterocycles. The molecule has 176 valence electrons. The molecule has 0 aromatic heterocycles. The predicted octanol–water partition coefficient (Wildman–Crippen LogP) is 4.15. The number of nitrogens with zero attached hydrogens (tertiary/aromatic N) is 2. The molecule has 2 fully saturated rings. The molecule has 0 aliphatic carbocycles. The van der Waals surface area contributed by atoms with E-state index in [1.54, 1.807) is 23.1 Å². The van der Waals surface area contributed by atoms with Crippen molar-refractivity contribution in [2.45, 2.75) is 19.4 Å². The van der Waals surface area contributed by atoms with Gasteiger partial charge in [-0.25, -0.2) is 4.79 Å². The van der Waals surface area contributed by atoms with Gasteiger partial charge in [-0.2, -0.15) is 0 Å². The van der Waals surface area contributed by atoms with Crippen LogP contribution in [0.5, 0.6) is 11.5 Å². The molecule has 1 unspecified atom stereocenters. The highest BCUT2D eigenvalue weighted by atomic mass is 32.2. The first-order valence-electron chi connectivity index (χ1n) is 10.6. The lowest BCUT2D eigenvalue weighted by molar-refractivity contribution is -0.140. The summed E-state index contributed by atoms with van der Waals surface area (Å²) in [6, 6.07) is 14.9. The predicted molar refractivity (Wildman–Crippen MR) is 132 cm³/mol. The Bertz CT molecular complexity index is 1150. The van der Waals surface area contributed by atoms with E-state index < -0.39 is 18.4 Å². The topological polar surface area (TPSA) is 96.4 Å². The van der Waals surface area contributed by atoms with Gasteiger partial charge in [0.05, 0.1) is 10.9 Å². The Hall–Kier alpha value is -3.37. The molecule has 2 aromatic carbocycles. The highest BCUT2D eigenvalue weighted by molar-refractivity contribution is 8.26. The maximum absolute atomic E-state index is 12.4. The number of carboxylic acid groups (broad SMARTS) is 1. The van der Waals surface area contributed by atoms with Crippen molar-refractivity contribution in [3.63, 3.8) is 0 Å². The Balaban J connectivity index is 1.36. The van der Waals surface area contributed by atoms with Gasteiger partial charge in [-0.3, -0.25) is 14.5 Å². The summed E-state index contributed by atoms with van der Waals surface area (Å²) in [4.78, 5) is 38.2. The van der Waals surface area contributed by atoms with E-state index in [4.69, 9.17) is 26.8 Å². The molecule has 8 nitrogen and oxygen atoms in total. The van der Waals surface area contributed by atoms with E-state index >= 15 is 0 Å². The lowest BCUT2D eigenvalue weighted by Crippen LogP contribution is -2.34. The molecule has 0 bridgehead atoms. The van der Waals surface area contributed by atoms with Crippen LogP contribution in [0.3, 0.4) is 0 Å². The van der Waals surface area contributed by atoms with Crippen LogP contribution in [0.25, 0.3) is 6.08 Å². The second-order valence-electron chi connectivity index (χ2n) is 7.70. The van der Waals surface area contributed by atoms with Crippen LogP contribution in [0, 0.1) is 0 Å². The second kappa shape index (κ2) is 10.3. The van der Waals surface area contributed by atoms with Crippen LogP contribution in [0.15, 0.2) is 53.4 Å². The van der Waals surface area contributed by atoms with Gasteiger partial charge in [0.2, 0.25) is 0 Å². The first-order chi connectivity index (χ1) is 16.3. The molecular formula is C24H22N2O6S2. The molecule has 10 heteroatoms. The normalized spacial score (nSPS) is 19.1. The highest BCUT2D eigenvalue weighted by Gasteiger charge is 2.33. The number of thioether (sulfide) groups is 1. The van der Waals surface area contributed by atoms with Crippen molar-refractivity contribution in [1.82, 2.24) is 9.80 Å². The van der Waals surface area contributed by atoms with E-state index in [2.05, 4.69) is 0 Å². The number of cyclic esters (lactones) is 1. The number of likely N-dealkylation sites (N-methyl/N-ethyl adjacent to an activating group) is 1. The lowest BCUT2D eigenvalue weighted by Gasteiger charge is -2.19. The number of hydrogen-bond acceptors (Lipinski definition) is 7. The maximum Gasteiger partial charge on any atom is 0.410 e. The summed E-state index contributed by atoms with van der Waals surface area (Å²) in [6.07, 6.45) is 2.13. The Morgan fingerprint density at radius 3 is 2.44 bits per heavy atom. The molecule has 1 N–H and O–H groups in total. The molecule has 1 atom stereocenters. The Morgan fingerprint density at radius 2 is 1.82 bits per heavy atom. The number of rotatable bonds is 8. The largest absolute Gasteiger partial charge is 0.480 e. The van der Waals surface area contributed by atoms with Crippen molar-refractivity contribution in [3.8, 4) is 11.5 Å². The van der Waals surface area contributed by atoms with Crippen LogP contribution in [0.1, 0.15) is 18.1 Å². The van der Waals surface area contributed by atoms with Crippen LogP contribution in [-0.4, -0.2) is 62.9 Å². The third kappa shape index (κ3) is 5.40. The molecule has 2 aromatic rings. The van der Waals surface area contributed by atoms with E-state index in [1.807, 2.05) is 43.3 Å². The molecule has 0 saturated carbocycles. The number of thiocarbonyl (C=S) groups is 1. The zero-order valence-electron chi connectivity index (χ0n) is 18.3. The number of carboxylic acids is 1. The zero-order chi connectivity index (χ0) is 24.2. The average molecular weight is 499 g/mol. The first-order valence-corrected chi connectivity index (χ1v) is 11.8. The fourth-order valence-corrected chi connectivity index (χ4v) is 4.96. The summed E-state index contributed by atoms with van der Waals surface area (Å²) >= 11 is 6.19. The summed E-state index contributed by atoms with van der Waals surface area (Å²) in [5.74, 6) is -0.210. The molecule has 0 spiro atoms. The smallest absolute Gasteiger partial charge is 0.410 e. The third-order valence-corrected chi connectivity index (χ3v) is 6.77. The minimum atomic E-state index is -1.11. The van der Waals surface area contributed by atoms with E-state index in [0.29, 0.717) is 36.0 Å². The quantitative estimate of drug-likeness (QED) is 0.428. The van der Waals surface area contributed by atoms with Crippen molar-refractivity contribution in [1.29, 1.82) is 0 Å². The van der Waals surface area contributed by atoms with Crippen LogP contribution in [0.2, 0.25) is 0 Å². The van der Waals surface area contributed by atoms with Gasteiger partial charge in [0.1, 0.15) is 29.0 Å². The zero-order valence-corrected chi connectivity index (χ0v) is 19.9. The van der Waals surface area contributed by atoms with E-state index in [-0.39, 0.29) is 16.5 Å². The number of aliphatic carboxylic acids is 1. The summed E-state index contributed by atoms with van der Waals surface area (Å²) in [5, 5.41) is 8.93. The molecule has 2 aliphatic rings. The van der Waals surface area contributed by atoms with E-state index in [9.17, 15) is 14.4 Å². The lowest BCUT2D eigenvalue weighted by atomic mass is 10.1. The van der Waals surface area contributed by atoms with Crippen molar-refractivity contribution in [2.75, 3.05) is 19.7 Å². The van der Waals surface area contributed by atoms with Crippen LogP contribution >= 0.6 is 24.0 Å². The van der Waals surface area contributed by atoms with Gasteiger partial charge in [0.15, 0.2) is 0 Å². The molecule has 0 radical (unpaired) electrons. The molecule has 2 aliphatic heterocycles. The minimum Gasteiger partial charge on any atom is -0.480 e. The summed E-state index contributed by atoms with van der Waals surface area (Å²) < 4.78 is 11.3. The number of amides is 2. The van der Waals surface area contributed by atoms with Gasteiger partial charge in [0, 0.05) is 6.54 Å². The number of carbonyl (C=O) groups is 3. The molecule has 2 saturated heterocycles. The van der Waals surface area contributed by atoms with Gasteiger partial charge in [0.25, 0.3) is 5.91 Å². The fourth-order valence-electron chi connectivity index (χ4n) is 3.70. The summed E-state index contributed by atoms with van der Waals surface area (Å²) in [6.45, 7) is 2.51. The van der Waals surface area contributed by atoms with Crippen molar-refractivity contribution in [3.05, 3.63) is 64.6 Å². The van der Waals surface area contributed by atoms with Crippen molar-refractivity contribution < 1.29 is 29.0 Å². The Morgan fingerprint density at radius 1 is 1.18 bits per heavy atom. The van der Waals surface area contributed by atoms with Gasteiger partial charge in [-0.05, 0) is 54.8 Å². The first kappa shape index (κ1) is 23.8. The monoisotopic (exact) mass is 498 g/mol. The Kier molecular flexibility index (Phi) is 7.18. The van der Waals surface area contributed by atoms with Gasteiger partial charge in [-0.15, -0.1) is 0 Å². The van der Waals surface area contributed by atoms with E-state index in [1.165, 1.54) is 0 Å². The van der Waals surface area contributed by atoms with Crippen LogP contribution in [-0.2, 0) is 20.7 Å². The number of carbonyl (C=O) groups excluding carboxylic acids is 2. The maximum atomic E-state index is 12.4. The standard InChI is InChI=1S/C24H22N2O6S2/c1-2-25-17(14-31-23(25)30)11-15-3-7-18(8-4-15)32-19-9-5-16(6-10-19)12-20-22(29)26(13-21(27)28)24(33)34-20/h3-10,12,17H,2,11,13-14H2,1H3,(H,27,28)/b20-12+. The Labute approximate surface area is 206 Å². The van der Waals surface area contributed by atoms with Gasteiger partial charge >= 0.3 is 12.1 Å². The van der Waals surface area contributed by atoms with Crippen molar-refractivity contribution in [2.24, 2.45) is 0 Å². The minimum absolute atomic E-state index is 0.0430. The summed E-state index contributed by atoms with van der Waals surface area (Å²) in [7, 11) is 0. The molecule has 4 rings (SSSR count). The third-order valence-electron chi connectivity index (χ3n) is 5.39. The number of ether oxygens (including phenoxy) is 2. The van der Waals surface area contributed by atoms with Crippen LogP contribution < -0.4 is 4.74 Å². The second-order valence-corrected chi connectivity index (χ2v) is 9.37. The van der Waals surface area contributed by atoms with Crippen molar-refractivity contribution >= 4 is 52.3 Å². The highest BCUT2D eigenvalue weighted by Crippen LogP contribution is 2.33. The van der Waals surface area contributed by atoms with Gasteiger partial charge < -0.3 is 19.5 Å².